The first-order chi connectivity index (χ1) is 9.82. The highest BCUT2D eigenvalue weighted by Crippen LogP contribution is 2.36. The average molecular weight is 315 g/mol. The monoisotopic (exact) mass is 314 g/mol. The number of nitro groups is 1. The number of primary amides is 1. The molecule has 1 aromatic rings. The normalized spacial score (nSPS) is 16.1. The van der Waals surface area contributed by atoms with E-state index in [2.05, 4.69) is 6.92 Å². The van der Waals surface area contributed by atoms with E-state index in [-0.39, 0.29) is 21.8 Å². The van der Waals surface area contributed by atoms with Gasteiger partial charge in [-0.1, -0.05) is 18.5 Å². The van der Waals surface area contributed by atoms with Crippen molar-refractivity contribution in [3.63, 3.8) is 0 Å². The standard InChI is InChI=1S/C13H15ClN2O5/c1-13(6-20-7-13)2-3-21-10-5-8(12(15)17)4-9(11(10)14)16(18)19/h4-5H,2-3,6-7H2,1H3,(H2,15,17). The van der Waals surface area contributed by atoms with Crippen molar-refractivity contribution in [2.24, 2.45) is 11.1 Å². The van der Waals surface area contributed by atoms with Crippen LogP contribution in [0.25, 0.3) is 0 Å². The van der Waals surface area contributed by atoms with Crippen molar-refractivity contribution in [2.45, 2.75) is 13.3 Å². The van der Waals surface area contributed by atoms with Crippen LogP contribution in [0.4, 0.5) is 5.69 Å². The maximum Gasteiger partial charge on any atom is 0.292 e. The fourth-order valence-electron chi connectivity index (χ4n) is 1.97. The summed E-state index contributed by atoms with van der Waals surface area (Å²) in [7, 11) is 0. The first-order valence-corrected chi connectivity index (χ1v) is 6.68. The third kappa shape index (κ3) is 3.43. The Hall–Kier alpha value is -1.86. The number of benzene rings is 1. The highest BCUT2D eigenvalue weighted by molar-refractivity contribution is 6.34. The summed E-state index contributed by atoms with van der Waals surface area (Å²) in [6.45, 7) is 3.69. The van der Waals surface area contributed by atoms with Crippen molar-refractivity contribution in [3.05, 3.63) is 32.8 Å². The first kappa shape index (κ1) is 15.5. The highest BCUT2D eigenvalue weighted by atomic mass is 35.5. The van der Waals surface area contributed by atoms with Gasteiger partial charge in [-0.3, -0.25) is 14.9 Å². The quantitative estimate of drug-likeness (QED) is 0.640. The lowest BCUT2D eigenvalue weighted by molar-refractivity contribution is -0.384. The van der Waals surface area contributed by atoms with Crippen molar-refractivity contribution in [3.8, 4) is 5.75 Å². The molecular weight excluding hydrogens is 300 g/mol. The van der Waals surface area contributed by atoms with Gasteiger partial charge in [0, 0.05) is 17.0 Å². The molecule has 1 aliphatic rings. The van der Waals surface area contributed by atoms with E-state index in [1.165, 1.54) is 6.07 Å². The molecule has 1 amide bonds. The van der Waals surface area contributed by atoms with E-state index in [1.807, 2.05) is 0 Å². The summed E-state index contributed by atoms with van der Waals surface area (Å²) in [6.07, 6.45) is 0.720. The Morgan fingerprint density at radius 1 is 1.57 bits per heavy atom. The highest BCUT2D eigenvalue weighted by Gasteiger charge is 2.33. The van der Waals surface area contributed by atoms with Gasteiger partial charge in [0.2, 0.25) is 5.91 Å². The number of nitro benzene ring substituents is 1. The summed E-state index contributed by atoms with van der Waals surface area (Å²) in [4.78, 5) is 21.5. The number of ether oxygens (including phenoxy) is 2. The first-order valence-electron chi connectivity index (χ1n) is 6.31. The van der Waals surface area contributed by atoms with Crippen molar-refractivity contribution in [1.82, 2.24) is 0 Å². The van der Waals surface area contributed by atoms with Crippen LogP contribution < -0.4 is 10.5 Å². The predicted octanol–water partition coefficient (Wildman–Crippen LogP) is 2.15. The molecule has 1 heterocycles. The van der Waals surface area contributed by atoms with Crippen molar-refractivity contribution in [1.29, 1.82) is 0 Å². The minimum Gasteiger partial charge on any atom is -0.492 e. The number of carbonyl (C=O) groups excluding carboxylic acids is 1. The minimum absolute atomic E-state index is 0.0145. The van der Waals surface area contributed by atoms with Gasteiger partial charge in [-0.15, -0.1) is 0 Å². The second kappa shape index (κ2) is 5.87. The molecule has 0 saturated carbocycles. The fraction of sp³-hybridized carbons (Fsp3) is 0.462. The molecule has 0 unspecified atom stereocenters. The Morgan fingerprint density at radius 2 is 2.24 bits per heavy atom. The lowest BCUT2D eigenvalue weighted by atomic mass is 9.85. The van der Waals surface area contributed by atoms with Crippen LogP contribution in [0, 0.1) is 15.5 Å². The third-order valence-electron chi connectivity index (χ3n) is 3.37. The molecule has 21 heavy (non-hydrogen) atoms. The molecule has 2 rings (SSSR count). The summed E-state index contributed by atoms with van der Waals surface area (Å²) in [5.41, 5.74) is 4.79. The Labute approximate surface area is 126 Å². The van der Waals surface area contributed by atoms with Crippen LogP contribution in [0.3, 0.4) is 0 Å². The molecule has 0 radical (unpaired) electrons. The van der Waals surface area contributed by atoms with Crippen molar-refractivity contribution in [2.75, 3.05) is 19.8 Å². The Morgan fingerprint density at radius 3 is 2.71 bits per heavy atom. The number of nitrogens with two attached hydrogens (primary N) is 1. The van der Waals surface area contributed by atoms with Gasteiger partial charge in [-0.25, -0.2) is 0 Å². The summed E-state index contributed by atoms with van der Waals surface area (Å²) in [5, 5.41) is 10.8. The van der Waals surface area contributed by atoms with Crippen LogP contribution >= 0.6 is 11.6 Å². The summed E-state index contributed by atoms with van der Waals surface area (Å²) >= 11 is 5.93. The van der Waals surface area contributed by atoms with E-state index in [0.29, 0.717) is 19.8 Å². The average Bonchev–Trinajstić information content (AvgIpc) is 2.38. The van der Waals surface area contributed by atoms with E-state index < -0.39 is 16.5 Å². The Balaban J connectivity index is 2.16. The lowest BCUT2D eigenvalue weighted by Crippen LogP contribution is -2.40. The van der Waals surface area contributed by atoms with Crippen LogP contribution in [0.2, 0.25) is 5.02 Å². The number of hydrogen-bond donors (Lipinski definition) is 1. The van der Waals surface area contributed by atoms with Gasteiger partial charge in [-0.05, 0) is 12.5 Å². The molecule has 8 heteroatoms. The number of amides is 1. The molecule has 0 aromatic heterocycles. The Kier molecular flexibility index (Phi) is 4.34. The van der Waals surface area contributed by atoms with E-state index in [9.17, 15) is 14.9 Å². The van der Waals surface area contributed by atoms with E-state index in [0.717, 1.165) is 12.5 Å². The van der Waals surface area contributed by atoms with Crippen molar-refractivity contribution >= 4 is 23.2 Å². The second-order valence-corrected chi connectivity index (χ2v) is 5.71. The predicted molar refractivity (Wildman–Crippen MR) is 75.7 cm³/mol. The third-order valence-corrected chi connectivity index (χ3v) is 3.75. The van der Waals surface area contributed by atoms with E-state index >= 15 is 0 Å². The Bertz CT molecular complexity index is 586. The molecule has 0 aliphatic carbocycles. The SMILES string of the molecule is CC1(CCOc2cc(C(N)=O)cc([N+](=O)[O-])c2Cl)COC1. The lowest BCUT2D eigenvalue weighted by Gasteiger charge is -2.37. The van der Waals surface area contributed by atoms with Gasteiger partial charge < -0.3 is 15.2 Å². The maximum atomic E-state index is 11.2. The molecule has 0 atom stereocenters. The van der Waals surface area contributed by atoms with Crippen LogP contribution in [0.1, 0.15) is 23.7 Å². The molecule has 7 nitrogen and oxygen atoms in total. The molecular formula is C13H15ClN2O5. The van der Waals surface area contributed by atoms with Gasteiger partial charge in [0.1, 0.15) is 5.75 Å². The van der Waals surface area contributed by atoms with Gasteiger partial charge >= 0.3 is 0 Å². The number of halogens is 1. The molecule has 1 aliphatic heterocycles. The summed E-state index contributed by atoms with van der Waals surface area (Å²) in [6, 6.07) is 2.36. The van der Waals surface area contributed by atoms with Gasteiger partial charge in [0.15, 0.2) is 5.02 Å². The zero-order valence-corrected chi connectivity index (χ0v) is 12.2. The van der Waals surface area contributed by atoms with E-state index in [4.69, 9.17) is 26.8 Å². The molecule has 1 aromatic carbocycles. The van der Waals surface area contributed by atoms with E-state index in [1.54, 1.807) is 0 Å². The fourth-order valence-corrected chi connectivity index (χ4v) is 2.20. The van der Waals surface area contributed by atoms with Crippen LogP contribution in [-0.2, 0) is 4.74 Å². The summed E-state index contributed by atoms with van der Waals surface area (Å²) in [5.74, 6) is -0.692. The van der Waals surface area contributed by atoms with Crippen LogP contribution in [0.5, 0.6) is 5.75 Å². The van der Waals surface area contributed by atoms with Crippen LogP contribution in [0.15, 0.2) is 12.1 Å². The molecule has 1 saturated heterocycles. The molecule has 0 spiro atoms. The van der Waals surface area contributed by atoms with Crippen molar-refractivity contribution < 1.29 is 19.2 Å². The number of hydrogen-bond acceptors (Lipinski definition) is 5. The zero-order valence-electron chi connectivity index (χ0n) is 11.4. The largest absolute Gasteiger partial charge is 0.492 e. The second-order valence-electron chi connectivity index (χ2n) is 5.33. The van der Waals surface area contributed by atoms with Gasteiger partial charge in [0.25, 0.3) is 5.69 Å². The summed E-state index contributed by atoms with van der Waals surface area (Å²) < 4.78 is 10.6. The van der Waals surface area contributed by atoms with Crippen LogP contribution in [-0.4, -0.2) is 30.7 Å². The number of nitrogens with zero attached hydrogens (tertiary/aromatic N) is 1. The smallest absolute Gasteiger partial charge is 0.292 e. The molecule has 114 valence electrons. The molecule has 1 fully saturated rings. The van der Waals surface area contributed by atoms with Gasteiger partial charge in [-0.2, -0.15) is 0 Å². The van der Waals surface area contributed by atoms with Gasteiger partial charge in [0.05, 0.1) is 24.7 Å². The maximum absolute atomic E-state index is 11.2. The number of carbonyl (C=O) groups is 1. The number of rotatable bonds is 6. The molecule has 0 bridgehead atoms. The zero-order chi connectivity index (χ0) is 15.6. The minimum atomic E-state index is -0.779. The molecule has 2 N–H and O–H groups in total. The topological polar surface area (TPSA) is 105 Å².